The number of benzene rings is 1. The van der Waals surface area contributed by atoms with Gasteiger partial charge in [0.05, 0.1) is 7.11 Å². The summed E-state index contributed by atoms with van der Waals surface area (Å²) >= 11 is 0. The van der Waals surface area contributed by atoms with Crippen molar-refractivity contribution in [2.75, 3.05) is 7.11 Å². The Kier molecular flexibility index (Phi) is 3.69. The van der Waals surface area contributed by atoms with E-state index < -0.39 is 12.1 Å². The predicted molar refractivity (Wildman–Crippen MR) is 53.1 cm³/mol. The average Bonchev–Trinajstić information content (AvgIpc) is 2.26. The minimum absolute atomic E-state index is 0.475. The fraction of sp³-hybridized carbons (Fsp3) is 0.273. The third kappa shape index (κ3) is 2.99. The summed E-state index contributed by atoms with van der Waals surface area (Å²) in [6, 6.07) is 8.71. The van der Waals surface area contributed by atoms with Crippen molar-refractivity contribution in [2.45, 2.75) is 13.0 Å². The van der Waals surface area contributed by atoms with Crippen LogP contribution in [0, 0.1) is 11.3 Å². The second-order valence-corrected chi connectivity index (χ2v) is 2.89. The van der Waals surface area contributed by atoms with Crippen LogP contribution < -0.4 is 4.74 Å². The maximum absolute atomic E-state index is 10.7. The van der Waals surface area contributed by atoms with Crippen molar-refractivity contribution >= 4 is 5.97 Å². The van der Waals surface area contributed by atoms with Gasteiger partial charge in [-0.05, 0) is 12.1 Å². The molecule has 0 radical (unpaired) electrons. The van der Waals surface area contributed by atoms with Gasteiger partial charge in [0.25, 0.3) is 0 Å². The van der Waals surface area contributed by atoms with Crippen molar-refractivity contribution in [2.24, 2.45) is 0 Å². The molecule has 0 bridgehead atoms. The molecule has 4 heteroatoms. The zero-order valence-electron chi connectivity index (χ0n) is 8.56. The second-order valence-electron chi connectivity index (χ2n) is 2.89. The van der Waals surface area contributed by atoms with E-state index in [2.05, 4.69) is 0 Å². The van der Waals surface area contributed by atoms with Crippen molar-refractivity contribution < 1.29 is 14.3 Å². The third-order valence-corrected chi connectivity index (χ3v) is 1.82. The van der Waals surface area contributed by atoms with Crippen molar-refractivity contribution in [1.29, 1.82) is 5.26 Å². The van der Waals surface area contributed by atoms with Gasteiger partial charge < -0.3 is 9.47 Å². The largest absolute Gasteiger partial charge is 0.497 e. The average molecular weight is 205 g/mol. The molecule has 1 atom stereocenters. The van der Waals surface area contributed by atoms with Crippen LogP contribution in [0.2, 0.25) is 0 Å². The predicted octanol–water partition coefficient (Wildman–Crippen LogP) is 1.82. The van der Waals surface area contributed by atoms with E-state index in [0.717, 1.165) is 0 Å². The van der Waals surface area contributed by atoms with Crippen molar-refractivity contribution in [3.63, 3.8) is 0 Å². The van der Waals surface area contributed by atoms with Crippen LogP contribution in [0.4, 0.5) is 0 Å². The van der Waals surface area contributed by atoms with Gasteiger partial charge in [-0.3, -0.25) is 4.79 Å². The first-order valence-electron chi connectivity index (χ1n) is 4.38. The molecular weight excluding hydrogens is 194 g/mol. The number of rotatable bonds is 3. The standard InChI is InChI=1S/C11H11NO3/c1-8(13)15-11(7-12)9-3-5-10(14-2)6-4-9/h3-6,11H,1-2H3/t11-/m1/s1. The van der Waals surface area contributed by atoms with Gasteiger partial charge >= 0.3 is 5.97 Å². The Labute approximate surface area is 88.0 Å². The van der Waals surface area contributed by atoms with Crippen LogP contribution in [0.25, 0.3) is 0 Å². The lowest BCUT2D eigenvalue weighted by Gasteiger charge is -2.09. The molecule has 78 valence electrons. The number of carbonyl (C=O) groups excluding carboxylic acids is 1. The Hall–Kier alpha value is -2.02. The Balaban J connectivity index is 2.84. The molecule has 0 N–H and O–H groups in total. The maximum atomic E-state index is 10.7. The number of hydrogen-bond donors (Lipinski definition) is 0. The van der Waals surface area contributed by atoms with Gasteiger partial charge in [-0.2, -0.15) is 5.26 Å². The lowest BCUT2D eigenvalue weighted by Crippen LogP contribution is -2.06. The molecule has 0 aromatic heterocycles. The molecule has 1 aromatic carbocycles. The Morgan fingerprint density at radius 2 is 2.00 bits per heavy atom. The topological polar surface area (TPSA) is 59.3 Å². The summed E-state index contributed by atoms with van der Waals surface area (Å²) in [6.45, 7) is 1.27. The van der Waals surface area contributed by atoms with Gasteiger partial charge in [-0.1, -0.05) is 12.1 Å². The van der Waals surface area contributed by atoms with E-state index in [-0.39, 0.29) is 0 Å². The van der Waals surface area contributed by atoms with E-state index in [1.54, 1.807) is 31.4 Å². The van der Waals surface area contributed by atoms with Crippen LogP contribution in [0.1, 0.15) is 18.6 Å². The van der Waals surface area contributed by atoms with Gasteiger partial charge in [0.1, 0.15) is 11.8 Å². The lowest BCUT2D eigenvalue weighted by atomic mass is 10.1. The first kappa shape index (κ1) is 11.1. The molecule has 0 saturated heterocycles. The monoisotopic (exact) mass is 205 g/mol. The van der Waals surface area contributed by atoms with E-state index in [4.69, 9.17) is 14.7 Å². The second kappa shape index (κ2) is 5.01. The summed E-state index contributed by atoms with van der Waals surface area (Å²) in [4.78, 5) is 10.7. The smallest absolute Gasteiger partial charge is 0.304 e. The molecule has 0 aliphatic carbocycles. The van der Waals surface area contributed by atoms with Crippen LogP contribution in [0.15, 0.2) is 24.3 Å². The molecule has 0 unspecified atom stereocenters. The van der Waals surface area contributed by atoms with Crippen LogP contribution in [0.3, 0.4) is 0 Å². The van der Waals surface area contributed by atoms with E-state index in [1.165, 1.54) is 6.92 Å². The van der Waals surface area contributed by atoms with Gasteiger partial charge in [0, 0.05) is 12.5 Å². The fourth-order valence-corrected chi connectivity index (χ4v) is 1.11. The summed E-state index contributed by atoms with van der Waals surface area (Å²) in [5.74, 6) is 0.218. The first-order valence-corrected chi connectivity index (χ1v) is 4.38. The van der Waals surface area contributed by atoms with Gasteiger partial charge in [-0.25, -0.2) is 0 Å². The summed E-state index contributed by atoms with van der Waals surface area (Å²) in [5.41, 5.74) is 0.633. The summed E-state index contributed by atoms with van der Waals surface area (Å²) < 4.78 is 9.79. The fourth-order valence-electron chi connectivity index (χ4n) is 1.11. The quantitative estimate of drug-likeness (QED) is 0.706. The van der Waals surface area contributed by atoms with E-state index in [0.29, 0.717) is 11.3 Å². The highest BCUT2D eigenvalue weighted by Gasteiger charge is 2.13. The van der Waals surface area contributed by atoms with E-state index in [9.17, 15) is 4.79 Å². The number of ether oxygens (including phenoxy) is 2. The van der Waals surface area contributed by atoms with Crippen LogP contribution in [0.5, 0.6) is 5.75 Å². The Morgan fingerprint density at radius 3 is 2.40 bits per heavy atom. The SMILES string of the molecule is COc1ccc([C@@H](C#N)OC(C)=O)cc1. The molecule has 0 spiro atoms. The Morgan fingerprint density at radius 1 is 1.40 bits per heavy atom. The van der Waals surface area contributed by atoms with Crippen molar-refractivity contribution in [1.82, 2.24) is 0 Å². The highest BCUT2D eigenvalue weighted by atomic mass is 16.5. The number of methoxy groups -OCH3 is 1. The van der Waals surface area contributed by atoms with Crippen molar-refractivity contribution in [3.05, 3.63) is 29.8 Å². The molecule has 0 aliphatic heterocycles. The Bertz CT molecular complexity index is 378. The molecule has 0 fully saturated rings. The normalized spacial score (nSPS) is 11.3. The zero-order chi connectivity index (χ0) is 11.3. The molecule has 0 amide bonds. The number of carbonyl (C=O) groups is 1. The first-order chi connectivity index (χ1) is 7.17. The summed E-state index contributed by atoms with van der Waals surface area (Å²) in [7, 11) is 1.56. The van der Waals surface area contributed by atoms with E-state index >= 15 is 0 Å². The molecule has 1 aromatic rings. The number of nitriles is 1. The van der Waals surface area contributed by atoms with Gasteiger partial charge in [0.15, 0.2) is 0 Å². The summed E-state index contributed by atoms with van der Waals surface area (Å²) in [5, 5.41) is 8.80. The summed E-state index contributed by atoms with van der Waals surface area (Å²) in [6.07, 6.45) is -0.853. The molecule has 0 aliphatic rings. The maximum Gasteiger partial charge on any atom is 0.304 e. The zero-order valence-corrected chi connectivity index (χ0v) is 8.56. The highest BCUT2D eigenvalue weighted by Crippen LogP contribution is 2.19. The molecule has 0 heterocycles. The number of hydrogen-bond acceptors (Lipinski definition) is 4. The minimum atomic E-state index is -0.853. The van der Waals surface area contributed by atoms with Gasteiger partial charge in [-0.15, -0.1) is 0 Å². The van der Waals surface area contributed by atoms with Crippen molar-refractivity contribution in [3.8, 4) is 11.8 Å². The number of esters is 1. The minimum Gasteiger partial charge on any atom is -0.497 e. The highest BCUT2D eigenvalue weighted by molar-refractivity contribution is 5.66. The molecular formula is C11H11NO3. The third-order valence-electron chi connectivity index (χ3n) is 1.82. The molecule has 4 nitrogen and oxygen atoms in total. The molecule has 15 heavy (non-hydrogen) atoms. The van der Waals surface area contributed by atoms with Gasteiger partial charge in [0.2, 0.25) is 6.10 Å². The lowest BCUT2D eigenvalue weighted by molar-refractivity contribution is -0.144. The van der Waals surface area contributed by atoms with E-state index in [1.807, 2.05) is 6.07 Å². The van der Waals surface area contributed by atoms with Crippen LogP contribution in [-0.4, -0.2) is 13.1 Å². The van der Waals surface area contributed by atoms with Crippen LogP contribution >= 0.6 is 0 Å². The molecule has 1 rings (SSSR count). The number of nitrogens with zero attached hydrogens (tertiary/aromatic N) is 1. The molecule has 0 saturated carbocycles. The van der Waals surface area contributed by atoms with Crippen LogP contribution in [-0.2, 0) is 9.53 Å².